The van der Waals surface area contributed by atoms with Gasteiger partial charge in [-0.3, -0.25) is 9.59 Å². The van der Waals surface area contributed by atoms with E-state index < -0.39 is 0 Å². The summed E-state index contributed by atoms with van der Waals surface area (Å²) in [5, 5.41) is 8.71. The molecule has 5 heterocycles. The maximum atomic E-state index is 12.8. The number of amides is 2. The normalized spacial score (nSPS) is 25.6. The van der Waals surface area contributed by atoms with Crippen molar-refractivity contribution >= 4 is 38.9 Å². The van der Waals surface area contributed by atoms with Gasteiger partial charge in [0.05, 0.1) is 10.4 Å². The molecule has 5 rings (SSSR count). The van der Waals surface area contributed by atoms with E-state index in [1.807, 2.05) is 11.4 Å². The first-order valence-electron chi connectivity index (χ1n) is 8.29. The van der Waals surface area contributed by atoms with Gasteiger partial charge in [0.15, 0.2) is 0 Å². The number of hydrogen-bond acceptors (Lipinski definition) is 5. The third-order valence-corrected chi connectivity index (χ3v) is 5.99. The number of hydrogen-bond donors (Lipinski definition) is 2. The minimum Gasteiger partial charge on any atom is -0.346 e. The van der Waals surface area contributed by atoms with E-state index in [9.17, 15) is 9.59 Å². The smallest absolute Gasteiger partial charge is 0.271 e. The second-order valence-electron chi connectivity index (χ2n) is 6.58. The molecule has 3 aliphatic rings. The van der Waals surface area contributed by atoms with Crippen molar-refractivity contribution in [2.45, 2.75) is 25.8 Å². The molecule has 1 atom stereocenters. The number of nitrogens with one attached hydrogen (secondary N) is 2. The second kappa shape index (κ2) is 6.14. The van der Waals surface area contributed by atoms with Crippen LogP contribution in [-0.2, 0) is 4.79 Å². The van der Waals surface area contributed by atoms with Gasteiger partial charge in [-0.1, -0.05) is 0 Å². The lowest BCUT2D eigenvalue weighted by atomic mass is 9.84. The maximum absolute atomic E-state index is 12.8. The Balaban J connectivity index is 1.58. The van der Waals surface area contributed by atoms with Gasteiger partial charge in [-0.2, -0.15) is 0 Å². The lowest BCUT2D eigenvalue weighted by Crippen LogP contribution is -2.57. The Kier molecular flexibility index (Phi) is 3.97. The minimum absolute atomic E-state index is 0.115. The van der Waals surface area contributed by atoms with Crippen molar-refractivity contribution in [3.63, 3.8) is 0 Å². The number of nitrogens with zero attached hydrogens (tertiary/aromatic N) is 2. The van der Waals surface area contributed by atoms with Crippen LogP contribution in [0, 0.1) is 5.92 Å². The van der Waals surface area contributed by atoms with Gasteiger partial charge in [-0.25, -0.2) is 4.98 Å². The Morgan fingerprint density at radius 3 is 2.79 bits per heavy atom. The van der Waals surface area contributed by atoms with Gasteiger partial charge < -0.3 is 15.5 Å². The van der Waals surface area contributed by atoms with Crippen LogP contribution in [0.3, 0.4) is 0 Å². The number of aromatic nitrogens is 1. The van der Waals surface area contributed by atoms with Crippen LogP contribution < -0.4 is 10.6 Å². The number of anilines is 1. The van der Waals surface area contributed by atoms with Gasteiger partial charge in [0, 0.05) is 36.5 Å². The lowest BCUT2D eigenvalue weighted by Gasteiger charge is -2.44. The standard InChI is InChI=1S/C17H20N4O2S/c1-10(22)19-14-9-24-16-12(14)2-5-18-15(16)17(23)20-13-8-21-6-3-11(13)4-7-21/h2,5,9,11,13H,3-4,6-8H2,1H3,(H,19,22)(H,20,23)/t13-/m0/s1. The molecule has 0 unspecified atom stereocenters. The fourth-order valence-corrected chi connectivity index (χ4v) is 4.76. The van der Waals surface area contributed by atoms with Gasteiger partial charge in [0.2, 0.25) is 5.91 Å². The largest absolute Gasteiger partial charge is 0.346 e. The molecule has 2 amide bonds. The van der Waals surface area contributed by atoms with Crippen molar-refractivity contribution in [1.29, 1.82) is 0 Å². The highest BCUT2D eigenvalue weighted by molar-refractivity contribution is 7.18. The molecule has 0 radical (unpaired) electrons. The molecular formula is C17H20N4O2S. The lowest BCUT2D eigenvalue weighted by molar-refractivity contribution is -0.114. The number of fused-ring (bicyclic) bond motifs is 4. The fourth-order valence-electron chi connectivity index (χ4n) is 3.77. The molecule has 7 heteroatoms. The first kappa shape index (κ1) is 15.5. The minimum atomic E-state index is -0.121. The Bertz CT molecular complexity index is 795. The van der Waals surface area contributed by atoms with E-state index >= 15 is 0 Å². The summed E-state index contributed by atoms with van der Waals surface area (Å²) in [5.74, 6) is 0.344. The van der Waals surface area contributed by atoms with Crippen LogP contribution in [0.4, 0.5) is 5.69 Å². The molecule has 6 nitrogen and oxygen atoms in total. The molecule has 126 valence electrons. The third-order valence-electron chi connectivity index (χ3n) is 4.99. The topological polar surface area (TPSA) is 74.3 Å². The molecule has 2 aromatic heterocycles. The fraction of sp³-hybridized carbons (Fsp3) is 0.471. The highest BCUT2D eigenvalue weighted by atomic mass is 32.1. The number of rotatable bonds is 3. The monoisotopic (exact) mass is 344 g/mol. The Morgan fingerprint density at radius 2 is 2.12 bits per heavy atom. The van der Waals surface area contributed by atoms with Crippen LogP contribution in [0.1, 0.15) is 30.3 Å². The zero-order chi connectivity index (χ0) is 16.7. The molecular weight excluding hydrogens is 324 g/mol. The molecule has 2 bridgehead atoms. The summed E-state index contributed by atoms with van der Waals surface area (Å²) < 4.78 is 0.819. The summed E-state index contributed by atoms with van der Waals surface area (Å²) in [7, 11) is 0. The number of carbonyl (C=O) groups is 2. The van der Waals surface area contributed by atoms with Gasteiger partial charge in [-0.15, -0.1) is 11.3 Å². The van der Waals surface area contributed by atoms with Crippen LogP contribution in [0.2, 0.25) is 0 Å². The number of pyridine rings is 1. The van der Waals surface area contributed by atoms with Crippen LogP contribution >= 0.6 is 11.3 Å². The summed E-state index contributed by atoms with van der Waals surface area (Å²) >= 11 is 1.44. The predicted octanol–water partition coefficient (Wildman–Crippen LogP) is 2.08. The van der Waals surface area contributed by atoms with E-state index in [0.717, 1.165) is 48.2 Å². The van der Waals surface area contributed by atoms with Crippen LogP contribution in [0.15, 0.2) is 17.6 Å². The average molecular weight is 344 g/mol. The van der Waals surface area contributed by atoms with Crippen molar-refractivity contribution < 1.29 is 9.59 Å². The number of carbonyl (C=O) groups excluding carboxylic acids is 2. The molecule has 0 aromatic carbocycles. The molecule has 24 heavy (non-hydrogen) atoms. The SMILES string of the molecule is CC(=O)Nc1csc2c(C(=O)N[C@H]3CN4CCC3CC4)nccc12. The first-order chi connectivity index (χ1) is 11.6. The van der Waals surface area contributed by atoms with E-state index in [0.29, 0.717) is 11.6 Å². The van der Waals surface area contributed by atoms with Crippen molar-refractivity contribution in [1.82, 2.24) is 15.2 Å². The van der Waals surface area contributed by atoms with Crippen LogP contribution in [0.5, 0.6) is 0 Å². The Hall–Kier alpha value is -1.99. The van der Waals surface area contributed by atoms with Crippen molar-refractivity contribution in [3.05, 3.63) is 23.3 Å². The van der Waals surface area contributed by atoms with E-state index in [-0.39, 0.29) is 17.9 Å². The summed E-state index contributed by atoms with van der Waals surface area (Å²) in [5.41, 5.74) is 1.19. The highest BCUT2D eigenvalue weighted by Gasteiger charge is 2.35. The highest BCUT2D eigenvalue weighted by Crippen LogP contribution is 2.32. The Labute approximate surface area is 144 Å². The van der Waals surface area contributed by atoms with Gasteiger partial charge >= 0.3 is 0 Å². The van der Waals surface area contributed by atoms with Crippen molar-refractivity contribution in [3.8, 4) is 0 Å². The maximum Gasteiger partial charge on any atom is 0.271 e. The first-order valence-corrected chi connectivity index (χ1v) is 9.17. The van der Waals surface area contributed by atoms with E-state index in [2.05, 4.69) is 20.5 Å². The van der Waals surface area contributed by atoms with Gasteiger partial charge in [0.1, 0.15) is 5.69 Å². The molecule has 3 fully saturated rings. The van der Waals surface area contributed by atoms with Crippen LogP contribution in [0.25, 0.3) is 10.1 Å². The molecule has 0 spiro atoms. The zero-order valence-electron chi connectivity index (χ0n) is 13.5. The number of piperidine rings is 3. The molecule has 3 saturated heterocycles. The molecule has 0 saturated carbocycles. The second-order valence-corrected chi connectivity index (χ2v) is 7.46. The quantitative estimate of drug-likeness (QED) is 0.894. The zero-order valence-corrected chi connectivity index (χ0v) is 14.4. The summed E-state index contributed by atoms with van der Waals surface area (Å²) in [6.07, 6.45) is 3.95. The molecule has 3 aliphatic heterocycles. The predicted molar refractivity (Wildman–Crippen MR) is 94.3 cm³/mol. The van der Waals surface area contributed by atoms with E-state index in [4.69, 9.17) is 0 Å². The third kappa shape index (κ3) is 2.78. The van der Waals surface area contributed by atoms with E-state index in [1.54, 1.807) is 6.20 Å². The van der Waals surface area contributed by atoms with Gasteiger partial charge in [-0.05, 0) is 37.9 Å². The Morgan fingerprint density at radius 1 is 1.33 bits per heavy atom. The molecule has 2 N–H and O–H groups in total. The average Bonchev–Trinajstić information content (AvgIpc) is 2.98. The number of thiophene rings is 1. The van der Waals surface area contributed by atoms with E-state index in [1.165, 1.54) is 18.3 Å². The van der Waals surface area contributed by atoms with Crippen LogP contribution in [-0.4, -0.2) is 47.4 Å². The summed E-state index contributed by atoms with van der Waals surface area (Å²) in [4.78, 5) is 30.8. The summed E-state index contributed by atoms with van der Waals surface area (Å²) in [6, 6.07) is 2.05. The van der Waals surface area contributed by atoms with Crippen molar-refractivity contribution in [2.75, 3.05) is 25.0 Å². The van der Waals surface area contributed by atoms with Crippen molar-refractivity contribution in [2.24, 2.45) is 5.92 Å². The van der Waals surface area contributed by atoms with Gasteiger partial charge in [0.25, 0.3) is 5.91 Å². The summed E-state index contributed by atoms with van der Waals surface area (Å²) in [6.45, 7) is 4.71. The molecule has 0 aliphatic carbocycles. The molecule has 2 aromatic rings.